The molecule has 2 saturated heterocycles. The van der Waals surface area contributed by atoms with Crippen LogP contribution in [0, 0.1) is 0 Å². The molecule has 2 aliphatic heterocycles. The first-order chi connectivity index (χ1) is 12.0. The molecule has 1 aromatic heterocycles. The average molecular weight is 386 g/mol. The van der Waals surface area contributed by atoms with Crippen LogP contribution in [-0.4, -0.2) is 62.8 Å². The zero-order valence-corrected chi connectivity index (χ0v) is 16.4. The predicted octanol–water partition coefficient (Wildman–Crippen LogP) is 1.68. The van der Waals surface area contributed by atoms with Crippen molar-refractivity contribution in [2.45, 2.75) is 48.8 Å². The minimum absolute atomic E-state index is 0.0654. The largest absolute Gasteiger partial charge is 0.342 e. The molecule has 25 heavy (non-hydrogen) atoms. The number of sulfonamides is 1. The summed E-state index contributed by atoms with van der Waals surface area (Å²) >= 11 is 1.24. The lowest BCUT2D eigenvalue weighted by molar-refractivity contribution is -0.131. The van der Waals surface area contributed by atoms with E-state index in [1.165, 1.54) is 11.3 Å². The van der Waals surface area contributed by atoms with Crippen molar-refractivity contribution in [2.75, 3.05) is 33.2 Å². The van der Waals surface area contributed by atoms with Crippen LogP contribution in [0.25, 0.3) is 0 Å². The van der Waals surface area contributed by atoms with Gasteiger partial charge in [0.2, 0.25) is 5.91 Å². The number of nitrogens with zero attached hydrogens (tertiary/aromatic N) is 2. The highest BCUT2D eigenvalue weighted by Crippen LogP contribution is 2.27. The Labute approximate surface area is 154 Å². The minimum atomic E-state index is -3.40. The predicted molar refractivity (Wildman–Crippen MR) is 99.3 cm³/mol. The van der Waals surface area contributed by atoms with E-state index in [9.17, 15) is 13.2 Å². The van der Waals surface area contributed by atoms with Crippen LogP contribution in [0.2, 0.25) is 0 Å². The molecule has 0 saturated carbocycles. The monoisotopic (exact) mass is 385 g/mol. The van der Waals surface area contributed by atoms with Crippen LogP contribution < -0.4 is 5.32 Å². The third-order valence-corrected chi connectivity index (χ3v) is 8.57. The summed E-state index contributed by atoms with van der Waals surface area (Å²) in [5.41, 5.74) is 0. The molecule has 3 rings (SSSR count). The van der Waals surface area contributed by atoms with Crippen molar-refractivity contribution >= 4 is 27.3 Å². The van der Waals surface area contributed by atoms with Gasteiger partial charge in [-0.25, -0.2) is 8.42 Å². The van der Waals surface area contributed by atoms with Crippen LogP contribution in [0.3, 0.4) is 0 Å². The van der Waals surface area contributed by atoms with Crippen LogP contribution >= 0.6 is 11.3 Å². The van der Waals surface area contributed by atoms with Gasteiger partial charge in [-0.3, -0.25) is 4.79 Å². The number of rotatable bonds is 5. The van der Waals surface area contributed by atoms with E-state index in [2.05, 4.69) is 5.32 Å². The van der Waals surface area contributed by atoms with Crippen LogP contribution in [-0.2, 0) is 21.2 Å². The van der Waals surface area contributed by atoms with E-state index in [1.807, 2.05) is 11.9 Å². The molecule has 0 unspecified atom stereocenters. The lowest BCUT2D eigenvalue weighted by Gasteiger charge is -2.31. The van der Waals surface area contributed by atoms with Crippen molar-refractivity contribution in [1.29, 1.82) is 0 Å². The molecule has 8 heteroatoms. The molecule has 0 aromatic carbocycles. The summed E-state index contributed by atoms with van der Waals surface area (Å²) in [7, 11) is -1.54. The first-order valence-electron chi connectivity index (χ1n) is 9.04. The second-order valence-corrected chi connectivity index (χ2v) is 10.2. The van der Waals surface area contributed by atoms with Crippen molar-refractivity contribution in [3.8, 4) is 0 Å². The number of hydrogen-bond donors (Lipinski definition) is 1. The SMILES string of the molecule is CN(C(=O)Cc1ccc(S(=O)(=O)N2CCCCC2)s1)C1CCNCC1. The van der Waals surface area contributed by atoms with Crippen LogP contribution in [0.15, 0.2) is 16.3 Å². The maximum absolute atomic E-state index is 12.7. The standard InChI is InChI=1S/C17H27N3O3S2/c1-19(14-7-9-18-10-8-14)16(21)13-15-5-6-17(24-15)25(22,23)20-11-3-2-4-12-20/h5-6,14,18H,2-4,7-13H2,1H3. The molecular formula is C17H27N3O3S2. The molecule has 0 spiro atoms. The van der Waals surface area contributed by atoms with E-state index < -0.39 is 10.0 Å². The Morgan fingerprint density at radius 3 is 2.60 bits per heavy atom. The van der Waals surface area contributed by atoms with Crippen molar-refractivity contribution in [3.05, 3.63) is 17.0 Å². The van der Waals surface area contributed by atoms with Gasteiger partial charge in [-0.15, -0.1) is 11.3 Å². The third kappa shape index (κ3) is 4.42. The van der Waals surface area contributed by atoms with Crippen LogP contribution in [0.5, 0.6) is 0 Å². The molecule has 2 fully saturated rings. The van der Waals surface area contributed by atoms with Gasteiger partial charge in [0, 0.05) is 31.1 Å². The number of thiophene rings is 1. The fourth-order valence-corrected chi connectivity index (χ4v) is 6.51. The number of piperidine rings is 2. The molecule has 0 bridgehead atoms. The summed E-state index contributed by atoms with van der Waals surface area (Å²) < 4.78 is 27.3. The zero-order chi connectivity index (χ0) is 17.9. The van der Waals surface area contributed by atoms with Crippen LogP contribution in [0.4, 0.5) is 0 Å². The molecule has 6 nitrogen and oxygen atoms in total. The molecule has 0 radical (unpaired) electrons. The van der Waals surface area contributed by atoms with E-state index in [4.69, 9.17) is 0 Å². The smallest absolute Gasteiger partial charge is 0.252 e. The van der Waals surface area contributed by atoms with Gasteiger partial charge < -0.3 is 10.2 Å². The van der Waals surface area contributed by atoms with Gasteiger partial charge in [0.05, 0.1) is 6.42 Å². The van der Waals surface area contributed by atoms with E-state index in [0.717, 1.165) is 50.1 Å². The van der Waals surface area contributed by atoms with E-state index in [0.29, 0.717) is 17.3 Å². The zero-order valence-electron chi connectivity index (χ0n) is 14.7. The van der Waals surface area contributed by atoms with Crippen LogP contribution in [0.1, 0.15) is 37.0 Å². The Balaban J connectivity index is 1.63. The van der Waals surface area contributed by atoms with Gasteiger partial charge in [-0.05, 0) is 50.9 Å². The van der Waals surface area contributed by atoms with Gasteiger partial charge in [0.15, 0.2) is 0 Å². The maximum Gasteiger partial charge on any atom is 0.252 e. The van der Waals surface area contributed by atoms with Crippen molar-refractivity contribution < 1.29 is 13.2 Å². The fraction of sp³-hybridized carbons (Fsp3) is 0.706. The van der Waals surface area contributed by atoms with Gasteiger partial charge in [-0.2, -0.15) is 4.31 Å². The normalized spacial score (nSPS) is 20.5. The summed E-state index contributed by atoms with van der Waals surface area (Å²) in [5.74, 6) is 0.0654. The number of nitrogens with one attached hydrogen (secondary N) is 1. The Bertz CT molecular complexity index is 690. The third-order valence-electron chi connectivity index (χ3n) is 5.12. The summed E-state index contributed by atoms with van der Waals surface area (Å²) in [6.07, 6.45) is 5.18. The summed E-state index contributed by atoms with van der Waals surface area (Å²) in [6, 6.07) is 3.72. The first-order valence-corrected chi connectivity index (χ1v) is 11.3. The second kappa shape index (κ2) is 8.16. The summed E-state index contributed by atoms with van der Waals surface area (Å²) in [4.78, 5) is 15.2. The lowest BCUT2D eigenvalue weighted by atomic mass is 10.1. The summed E-state index contributed by atoms with van der Waals surface area (Å²) in [5, 5.41) is 3.30. The minimum Gasteiger partial charge on any atom is -0.342 e. The van der Waals surface area contributed by atoms with E-state index >= 15 is 0 Å². The second-order valence-electron chi connectivity index (χ2n) is 6.85. The molecular weight excluding hydrogens is 358 g/mol. The Hall–Kier alpha value is -0.960. The van der Waals surface area contributed by atoms with Gasteiger partial charge in [-0.1, -0.05) is 6.42 Å². The highest BCUT2D eigenvalue weighted by Gasteiger charge is 2.28. The molecule has 140 valence electrons. The van der Waals surface area contributed by atoms with Gasteiger partial charge in [0.25, 0.3) is 10.0 Å². The van der Waals surface area contributed by atoms with Crippen molar-refractivity contribution in [3.63, 3.8) is 0 Å². The molecule has 1 N–H and O–H groups in total. The Morgan fingerprint density at radius 1 is 1.24 bits per heavy atom. The van der Waals surface area contributed by atoms with Gasteiger partial charge >= 0.3 is 0 Å². The quantitative estimate of drug-likeness (QED) is 0.837. The molecule has 1 aromatic rings. The Morgan fingerprint density at radius 2 is 1.92 bits per heavy atom. The van der Waals surface area contributed by atoms with Crippen molar-refractivity contribution in [1.82, 2.24) is 14.5 Å². The van der Waals surface area contributed by atoms with E-state index in [-0.39, 0.29) is 18.4 Å². The first kappa shape index (κ1) is 18.8. The lowest BCUT2D eigenvalue weighted by Crippen LogP contribution is -2.44. The number of carbonyl (C=O) groups excluding carboxylic acids is 1. The average Bonchev–Trinajstić information content (AvgIpc) is 3.12. The van der Waals surface area contributed by atoms with Gasteiger partial charge in [0.1, 0.15) is 4.21 Å². The number of carbonyl (C=O) groups is 1. The number of amides is 1. The summed E-state index contributed by atoms with van der Waals surface area (Å²) in [6.45, 7) is 3.10. The van der Waals surface area contributed by atoms with Crippen molar-refractivity contribution in [2.24, 2.45) is 0 Å². The molecule has 0 atom stereocenters. The number of hydrogen-bond acceptors (Lipinski definition) is 5. The maximum atomic E-state index is 12.7. The molecule has 2 aliphatic rings. The molecule has 1 amide bonds. The Kier molecular flexibility index (Phi) is 6.14. The van der Waals surface area contributed by atoms with E-state index in [1.54, 1.807) is 16.4 Å². The molecule has 0 aliphatic carbocycles. The highest BCUT2D eigenvalue weighted by molar-refractivity contribution is 7.91. The topological polar surface area (TPSA) is 69.7 Å². The highest BCUT2D eigenvalue weighted by atomic mass is 32.2. The fourth-order valence-electron chi connectivity index (χ4n) is 3.50. The molecule has 3 heterocycles. The number of likely N-dealkylation sites (N-methyl/N-ethyl adjacent to an activating group) is 1.